The Bertz CT molecular complexity index is 244. The van der Waals surface area contributed by atoms with Gasteiger partial charge in [0.1, 0.15) is 0 Å². The molecule has 3 heteroatoms. The van der Waals surface area contributed by atoms with Gasteiger partial charge in [-0.15, -0.1) is 0 Å². The van der Waals surface area contributed by atoms with Gasteiger partial charge in [-0.1, -0.05) is 37.6 Å². The van der Waals surface area contributed by atoms with Crippen molar-refractivity contribution < 1.29 is 19.5 Å². The van der Waals surface area contributed by atoms with Crippen molar-refractivity contribution in [2.45, 2.75) is 13.3 Å². The molecule has 2 aromatic heterocycles. The molecule has 2 nitrogen and oxygen atoms in total. The maximum Gasteiger partial charge on any atom is 2.00 e. The minimum Gasteiger partial charge on any atom is -0.670 e. The molecule has 2 aromatic rings. The molecule has 0 radical (unpaired) electrons. The van der Waals surface area contributed by atoms with E-state index in [4.69, 9.17) is 0 Å². The molecule has 0 atom stereocenters. The second-order valence-corrected chi connectivity index (χ2v) is 2.31. The van der Waals surface area contributed by atoms with Crippen LogP contribution in [0.3, 0.4) is 0 Å². The standard InChI is InChI=1S/C6H8N.C4H4N.Ru/c1-2-6-4-3-5-7-6;1-2-4-5-3-1;/h3-5H,2H2,1H3;1-4H;/q2*-1;+2. The number of nitrogens with zero attached hydrogens (tertiary/aromatic N) is 2. The quantitative estimate of drug-likeness (QED) is 0.733. The molecule has 0 aromatic carbocycles. The van der Waals surface area contributed by atoms with E-state index >= 15 is 0 Å². The normalized spacial score (nSPS) is 8.08. The van der Waals surface area contributed by atoms with Crippen LogP contribution in [0.1, 0.15) is 12.6 Å². The van der Waals surface area contributed by atoms with Crippen molar-refractivity contribution in [1.82, 2.24) is 9.97 Å². The zero-order chi connectivity index (χ0) is 8.65. The molecular weight excluding hydrogens is 249 g/mol. The SMILES string of the molecule is CCc1ccc[n-]1.[Ru+2].c1cc[n-]c1. The molecule has 0 fully saturated rings. The Morgan fingerprint density at radius 1 is 1.08 bits per heavy atom. The van der Waals surface area contributed by atoms with Crippen LogP contribution >= 0.6 is 0 Å². The van der Waals surface area contributed by atoms with Crippen LogP contribution in [0, 0.1) is 0 Å². The van der Waals surface area contributed by atoms with Gasteiger partial charge in [0, 0.05) is 0 Å². The first-order valence-electron chi connectivity index (χ1n) is 4.01. The van der Waals surface area contributed by atoms with Gasteiger partial charge in [0.25, 0.3) is 0 Å². The van der Waals surface area contributed by atoms with Crippen molar-refractivity contribution in [1.29, 1.82) is 0 Å². The summed E-state index contributed by atoms with van der Waals surface area (Å²) in [6.07, 6.45) is 6.37. The van der Waals surface area contributed by atoms with E-state index in [9.17, 15) is 0 Å². The Morgan fingerprint density at radius 3 is 2.00 bits per heavy atom. The van der Waals surface area contributed by atoms with Gasteiger partial charge in [-0.2, -0.15) is 24.3 Å². The molecule has 2 rings (SSSR count). The number of aromatic nitrogens is 2. The van der Waals surface area contributed by atoms with Crippen LogP contribution in [0.2, 0.25) is 0 Å². The van der Waals surface area contributed by atoms with Crippen LogP contribution in [0.5, 0.6) is 0 Å². The molecule has 70 valence electrons. The zero-order valence-corrected chi connectivity index (χ0v) is 9.23. The van der Waals surface area contributed by atoms with E-state index in [1.807, 2.05) is 30.5 Å². The molecule has 2 heterocycles. The molecule has 0 unspecified atom stereocenters. The van der Waals surface area contributed by atoms with Crippen LogP contribution in [-0.2, 0) is 25.9 Å². The van der Waals surface area contributed by atoms with Crippen LogP contribution in [0.15, 0.2) is 42.9 Å². The summed E-state index contributed by atoms with van der Waals surface area (Å²) in [5.41, 5.74) is 1.18. The summed E-state index contributed by atoms with van der Waals surface area (Å²) in [6, 6.07) is 7.76. The smallest absolute Gasteiger partial charge is 0.670 e. The molecular formula is C10H12N2Ru. The summed E-state index contributed by atoms with van der Waals surface area (Å²) < 4.78 is 0. The Labute approximate surface area is 91.5 Å². The molecule has 0 aliphatic rings. The maximum absolute atomic E-state index is 4.03. The summed E-state index contributed by atoms with van der Waals surface area (Å²) in [6.45, 7) is 2.10. The minimum absolute atomic E-state index is 0. The van der Waals surface area contributed by atoms with E-state index in [2.05, 4.69) is 16.9 Å². The molecule has 0 saturated heterocycles. The molecule has 13 heavy (non-hydrogen) atoms. The van der Waals surface area contributed by atoms with Crippen molar-refractivity contribution in [3.8, 4) is 0 Å². The van der Waals surface area contributed by atoms with Crippen molar-refractivity contribution >= 4 is 0 Å². The second kappa shape index (κ2) is 7.81. The van der Waals surface area contributed by atoms with Crippen molar-refractivity contribution in [3.63, 3.8) is 0 Å². The molecule has 0 saturated carbocycles. The van der Waals surface area contributed by atoms with Crippen LogP contribution in [-0.4, -0.2) is 0 Å². The summed E-state index contributed by atoms with van der Waals surface area (Å²) in [5.74, 6) is 0. The van der Waals surface area contributed by atoms with Gasteiger partial charge in [0.05, 0.1) is 0 Å². The molecule has 0 aliphatic heterocycles. The van der Waals surface area contributed by atoms with E-state index in [0.717, 1.165) is 6.42 Å². The Balaban J connectivity index is 0.000000215. The number of hydrogen-bond acceptors (Lipinski definition) is 0. The monoisotopic (exact) mass is 262 g/mol. The fourth-order valence-corrected chi connectivity index (χ4v) is 0.794. The Morgan fingerprint density at radius 2 is 1.77 bits per heavy atom. The largest absolute Gasteiger partial charge is 2.00 e. The van der Waals surface area contributed by atoms with E-state index in [1.165, 1.54) is 5.69 Å². The van der Waals surface area contributed by atoms with Crippen molar-refractivity contribution in [2.75, 3.05) is 0 Å². The predicted molar refractivity (Wildman–Crippen MR) is 48.9 cm³/mol. The minimum atomic E-state index is 0. The van der Waals surface area contributed by atoms with E-state index < -0.39 is 0 Å². The van der Waals surface area contributed by atoms with Gasteiger partial charge in [-0.3, -0.25) is 0 Å². The van der Waals surface area contributed by atoms with E-state index in [-0.39, 0.29) is 19.5 Å². The van der Waals surface area contributed by atoms with Gasteiger partial charge in [0.2, 0.25) is 0 Å². The van der Waals surface area contributed by atoms with E-state index in [1.54, 1.807) is 12.4 Å². The third-order valence-corrected chi connectivity index (χ3v) is 1.43. The second-order valence-electron chi connectivity index (χ2n) is 2.31. The third-order valence-electron chi connectivity index (χ3n) is 1.43. The summed E-state index contributed by atoms with van der Waals surface area (Å²) in [5, 5.41) is 0. The van der Waals surface area contributed by atoms with E-state index in [0.29, 0.717) is 0 Å². The fraction of sp³-hybridized carbons (Fsp3) is 0.200. The third kappa shape index (κ3) is 5.43. The van der Waals surface area contributed by atoms with Crippen LogP contribution in [0.25, 0.3) is 0 Å². The van der Waals surface area contributed by atoms with Crippen molar-refractivity contribution in [2.24, 2.45) is 0 Å². The topological polar surface area (TPSA) is 28.2 Å². The first-order chi connectivity index (χ1) is 5.93. The zero-order valence-electron chi connectivity index (χ0n) is 7.50. The fourth-order valence-electron chi connectivity index (χ4n) is 0.794. The van der Waals surface area contributed by atoms with Crippen LogP contribution in [0.4, 0.5) is 0 Å². The number of hydrogen-bond donors (Lipinski definition) is 0. The maximum atomic E-state index is 4.03. The molecule has 0 bridgehead atoms. The summed E-state index contributed by atoms with van der Waals surface area (Å²) in [4.78, 5) is 7.76. The molecule has 0 N–H and O–H groups in total. The van der Waals surface area contributed by atoms with Gasteiger partial charge < -0.3 is 9.97 Å². The Kier molecular flexibility index (Phi) is 7.32. The average molecular weight is 261 g/mol. The first kappa shape index (κ1) is 12.2. The van der Waals surface area contributed by atoms with Crippen LogP contribution < -0.4 is 9.97 Å². The van der Waals surface area contributed by atoms with Crippen molar-refractivity contribution in [3.05, 3.63) is 48.5 Å². The summed E-state index contributed by atoms with van der Waals surface area (Å²) >= 11 is 0. The number of aryl methyl sites for hydroxylation is 1. The predicted octanol–water partition coefficient (Wildman–Crippen LogP) is 1.85. The Hall–Kier alpha value is -0.817. The summed E-state index contributed by atoms with van der Waals surface area (Å²) in [7, 11) is 0. The molecule has 0 spiro atoms. The molecule has 0 aliphatic carbocycles. The first-order valence-corrected chi connectivity index (χ1v) is 4.01. The van der Waals surface area contributed by atoms with Gasteiger partial charge >= 0.3 is 19.5 Å². The number of rotatable bonds is 1. The molecule has 0 amide bonds. The van der Waals surface area contributed by atoms with Gasteiger partial charge in [0.15, 0.2) is 0 Å². The average Bonchev–Trinajstić information content (AvgIpc) is 2.81. The van der Waals surface area contributed by atoms with Gasteiger partial charge in [-0.05, 0) is 0 Å². The van der Waals surface area contributed by atoms with Gasteiger partial charge in [-0.25, -0.2) is 0 Å².